The van der Waals surface area contributed by atoms with Gasteiger partial charge in [-0.2, -0.15) is 0 Å². The van der Waals surface area contributed by atoms with Gasteiger partial charge in [0.05, 0.1) is 0 Å². The number of rotatable bonds is 5. The van der Waals surface area contributed by atoms with Crippen molar-refractivity contribution in [1.29, 1.82) is 0 Å². The van der Waals surface area contributed by atoms with Crippen molar-refractivity contribution in [1.82, 2.24) is 10.6 Å². The van der Waals surface area contributed by atoms with Gasteiger partial charge >= 0.3 is 0 Å². The van der Waals surface area contributed by atoms with Crippen LogP contribution in [0.5, 0.6) is 0 Å². The molecular formula is C16H32N2. The SMILES string of the molecule is CCC(C(C)C)C12CNCC1C(CC(C)C)NC2. The zero-order chi connectivity index (χ0) is 13.3. The molecule has 2 nitrogen and oxygen atoms in total. The predicted molar refractivity (Wildman–Crippen MR) is 78.7 cm³/mol. The van der Waals surface area contributed by atoms with Crippen LogP contribution in [-0.2, 0) is 0 Å². The van der Waals surface area contributed by atoms with Gasteiger partial charge in [0.25, 0.3) is 0 Å². The maximum atomic E-state index is 3.86. The van der Waals surface area contributed by atoms with Crippen molar-refractivity contribution in [2.75, 3.05) is 19.6 Å². The van der Waals surface area contributed by atoms with Crippen LogP contribution in [0.1, 0.15) is 47.5 Å². The van der Waals surface area contributed by atoms with Gasteiger partial charge in [-0.1, -0.05) is 41.0 Å². The maximum absolute atomic E-state index is 3.86. The Kier molecular flexibility index (Phi) is 4.38. The lowest BCUT2D eigenvalue weighted by molar-refractivity contribution is 0.109. The molecule has 2 N–H and O–H groups in total. The second-order valence-corrected chi connectivity index (χ2v) is 7.35. The van der Waals surface area contributed by atoms with E-state index in [1.165, 1.54) is 32.5 Å². The Hall–Kier alpha value is -0.0800. The standard InChI is InChI=1S/C16H32N2/c1-6-13(12(4)5)16-9-17-8-14(16)15(18-10-16)7-11(2)3/h11-15,17-18H,6-10H2,1-5H3. The Morgan fingerprint density at radius 2 is 1.89 bits per heavy atom. The van der Waals surface area contributed by atoms with Gasteiger partial charge in [0.2, 0.25) is 0 Å². The summed E-state index contributed by atoms with van der Waals surface area (Å²) in [6.45, 7) is 15.6. The van der Waals surface area contributed by atoms with Crippen molar-refractivity contribution >= 4 is 0 Å². The second kappa shape index (κ2) is 5.50. The largest absolute Gasteiger partial charge is 0.316 e. The van der Waals surface area contributed by atoms with E-state index in [1.54, 1.807) is 0 Å². The van der Waals surface area contributed by atoms with Crippen molar-refractivity contribution in [2.24, 2.45) is 29.1 Å². The van der Waals surface area contributed by atoms with Crippen LogP contribution in [0.3, 0.4) is 0 Å². The summed E-state index contributed by atoms with van der Waals surface area (Å²) in [5, 5.41) is 7.56. The van der Waals surface area contributed by atoms with E-state index in [9.17, 15) is 0 Å². The quantitative estimate of drug-likeness (QED) is 0.786. The van der Waals surface area contributed by atoms with Crippen molar-refractivity contribution in [3.05, 3.63) is 0 Å². The first kappa shape index (κ1) is 14.3. The van der Waals surface area contributed by atoms with Gasteiger partial charge in [-0.3, -0.25) is 0 Å². The molecule has 4 unspecified atom stereocenters. The minimum Gasteiger partial charge on any atom is -0.316 e. The van der Waals surface area contributed by atoms with Crippen molar-refractivity contribution < 1.29 is 0 Å². The molecule has 0 aliphatic carbocycles. The highest BCUT2D eigenvalue weighted by Crippen LogP contribution is 2.49. The molecule has 0 saturated carbocycles. The third kappa shape index (κ3) is 2.34. The van der Waals surface area contributed by atoms with Gasteiger partial charge in [0.1, 0.15) is 0 Å². The Bertz CT molecular complexity index is 274. The molecule has 0 radical (unpaired) electrons. The molecule has 2 heteroatoms. The second-order valence-electron chi connectivity index (χ2n) is 7.35. The van der Waals surface area contributed by atoms with E-state index in [1.807, 2.05) is 0 Å². The van der Waals surface area contributed by atoms with Crippen LogP contribution in [0.15, 0.2) is 0 Å². The summed E-state index contributed by atoms with van der Waals surface area (Å²) in [5.41, 5.74) is 0.530. The maximum Gasteiger partial charge on any atom is 0.0116 e. The van der Waals surface area contributed by atoms with Crippen LogP contribution < -0.4 is 10.6 Å². The molecular weight excluding hydrogens is 220 g/mol. The lowest BCUT2D eigenvalue weighted by Gasteiger charge is -2.40. The highest BCUT2D eigenvalue weighted by Gasteiger charge is 2.55. The first-order valence-electron chi connectivity index (χ1n) is 7.95. The lowest BCUT2D eigenvalue weighted by Crippen LogP contribution is -2.41. The van der Waals surface area contributed by atoms with E-state index >= 15 is 0 Å². The molecule has 2 saturated heterocycles. The van der Waals surface area contributed by atoms with E-state index in [0.717, 1.165) is 29.7 Å². The van der Waals surface area contributed by atoms with Gasteiger partial charge in [-0.15, -0.1) is 0 Å². The molecule has 4 atom stereocenters. The summed E-state index contributed by atoms with van der Waals surface area (Å²) in [6, 6.07) is 0.743. The first-order valence-corrected chi connectivity index (χ1v) is 7.95. The molecule has 2 fully saturated rings. The minimum atomic E-state index is 0.530. The summed E-state index contributed by atoms with van der Waals surface area (Å²) in [4.78, 5) is 0. The normalized spacial score (nSPS) is 37.5. The van der Waals surface area contributed by atoms with Gasteiger partial charge in [-0.05, 0) is 30.1 Å². The Labute approximate surface area is 113 Å². The average molecular weight is 252 g/mol. The molecule has 0 bridgehead atoms. The van der Waals surface area contributed by atoms with Crippen LogP contribution >= 0.6 is 0 Å². The van der Waals surface area contributed by atoms with Crippen LogP contribution in [0.2, 0.25) is 0 Å². The highest BCUT2D eigenvalue weighted by atomic mass is 15.1. The molecule has 0 aromatic heterocycles. The monoisotopic (exact) mass is 252 g/mol. The molecule has 0 amide bonds. The summed E-state index contributed by atoms with van der Waals surface area (Å²) < 4.78 is 0. The smallest absolute Gasteiger partial charge is 0.0116 e. The summed E-state index contributed by atoms with van der Waals surface area (Å²) >= 11 is 0. The fraction of sp³-hybridized carbons (Fsp3) is 1.00. The van der Waals surface area contributed by atoms with Crippen LogP contribution in [0.4, 0.5) is 0 Å². The molecule has 106 valence electrons. The first-order chi connectivity index (χ1) is 8.51. The van der Waals surface area contributed by atoms with Crippen molar-refractivity contribution in [2.45, 2.75) is 53.5 Å². The predicted octanol–water partition coefficient (Wildman–Crippen LogP) is 2.89. The molecule has 2 aliphatic rings. The number of nitrogens with one attached hydrogen (secondary N) is 2. The summed E-state index contributed by atoms with van der Waals surface area (Å²) in [6.07, 6.45) is 2.66. The average Bonchev–Trinajstić information content (AvgIpc) is 2.80. The van der Waals surface area contributed by atoms with Gasteiger partial charge in [0, 0.05) is 31.1 Å². The van der Waals surface area contributed by atoms with Crippen molar-refractivity contribution in [3.63, 3.8) is 0 Å². The zero-order valence-electron chi connectivity index (χ0n) is 12.9. The Morgan fingerprint density at radius 1 is 1.17 bits per heavy atom. The fourth-order valence-electron chi connectivity index (χ4n) is 4.83. The summed E-state index contributed by atoms with van der Waals surface area (Å²) in [5.74, 6) is 3.32. The zero-order valence-corrected chi connectivity index (χ0v) is 12.9. The van der Waals surface area contributed by atoms with Crippen LogP contribution in [0, 0.1) is 29.1 Å². The van der Waals surface area contributed by atoms with E-state index in [0.29, 0.717) is 5.41 Å². The molecule has 18 heavy (non-hydrogen) atoms. The number of hydrogen-bond acceptors (Lipinski definition) is 2. The Morgan fingerprint density at radius 3 is 2.44 bits per heavy atom. The third-order valence-corrected chi connectivity index (χ3v) is 5.44. The molecule has 2 heterocycles. The van der Waals surface area contributed by atoms with Gasteiger partial charge in [0.15, 0.2) is 0 Å². The molecule has 0 spiro atoms. The number of fused-ring (bicyclic) bond motifs is 1. The lowest BCUT2D eigenvalue weighted by atomic mass is 9.63. The molecule has 0 aromatic rings. The Balaban J connectivity index is 2.16. The van der Waals surface area contributed by atoms with Gasteiger partial charge < -0.3 is 10.6 Å². The van der Waals surface area contributed by atoms with E-state index in [-0.39, 0.29) is 0 Å². The van der Waals surface area contributed by atoms with Crippen molar-refractivity contribution in [3.8, 4) is 0 Å². The highest BCUT2D eigenvalue weighted by molar-refractivity contribution is 5.09. The molecule has 2 rings (SSSR count). The van der Waals surface area contributed by atoms with Crippen LogP contribution in [-0.4, -0.2) is 25.7 Å². The minimum absolute atomic E-state index is 0.530. The van der Waals surface area contributed by atoms with E-state index < -0.39 is 0 Å². The third-order valence-electron chi connectivity index (χ3n) is 5.44. The van der Waals surface area contributed by atoms with E-state index in [4.69, 9.17) is 0 Å². The van der Waals surface area contributed by atoms with Crippen LogP contribution in [0.25, 0.3) is 0 Å². The number of hydrogen-bond donors (Lipinski definition) is 2. The molecule has 2 aliphatic heterocycles. The summed E-state index contributed by atoms with van der Waals surface area (Å²) in [7, 11) is 0. The van der Waals surface area contributed by atoms with E-state index in [2.05, 4.69) is 45.3 Å². The van der Waals surface area contributed by atoms with Gasteiger partial charge in [-0.25, -0.2) is 0 Å². The topological polar surface area (TPSA) is 24.1 Å². The fourth-order valence-corrected chi connectivity index (χ4v) is 4.83. The molecule has 0 aromatic carbocycles.